The fraction of sp³-hybridized carbons (Fsp3) is 0.0667. The summed E-state index contributed by atoms with van der Waals surface area (Å²) < 4.78 is 26.8. The number of halogens is 2. The Balaban J connectivity index is 2.18. The summed E-state index contributed by atoms with van der Waals surface area (Å²) in [7, 11) is 0. The predicted molar refractivity (Wildman–Crippen MR) is 71.8 cm³/mol. The van der Waals surface area contributed by atoms with E-state index in [0.717, 1.165) is 12.1 Å². The van der Waals surface area contributed by atoms with Gasteiger partial charge in [-0.05, 0) is 36.4 Å². The largest absolute Gasteiger partial charge is 0.478 e. The molecule has 0 aromatic heterocycles. The van der Waals surface area contributed by atoms with Gasteiger partial charge in [-0.3, -0.25) is 0 Å². The Kier molecular flexibility index (Phi) is 4.14. The lowest BCUT2D eigenvalue weighted by atomic mass is 10.1. The van der Waals surface area contributed by atoms with E-state index in [4.69, 9.17) is 10.4 Å². The zero-order valence-electron chi connectivity index (χ0n) is 10.7. The molecule has 0 bridgehead atoms. The van der Waals surface area contributed by atoms with Crippen molar-refractivity contribution in [3.63, 3.8) is 0 Å². The molecule has 6 heteroatoms. The summed E-state index contributed by atoms with van der Waals surface area (Å²) >= 11 is 0. The van der Waals surface area contributed by atoms with Crippen molar-refractivity contribution in [3.8, 4) is 6.07 Å². The van der Waals surface area contributed by atoms with Crippen LogP contribution in [0.4, 0.5) is 14.5 Å². The topological polar surface area (TPSA) is 73.1 Å². The lowest BCUT2D eigenvalue weighted by Gasteiger charge is -2.09. The van der Waals surface area contributed by atoms with Gasteiger partial charge in [0.15, 0.2) is 0 Å². The number of hydrogen-bond acceptors (Lipinski definition) is 3. The average Bonchev–Trinajstić information content (AvgIpc) is 2.47. The zero-order valence-corrected chi connectivity index (χ0v) is 10.7. The van der Waals surface area contributed by atoms with E-state index < -0.39 is 17.6 Å². The maximum Gasteiger partial charge on any atom is 0.335 e. The SMILES string of the molecule is N#Cc1cc(NCc2cc(C(=O)O)ccc2F)ccc1F. The quantitative estimate of drug-likeness (QED) is 0.906. The molecule has 0 amide bonds. The van der Waals surface area contributed by atoms with Crippen LogP contribution in [0.15, 0.2) is 36.4 Å². The molecule has 0 fully saturated rings. The molecule has 4 nitrogen and oxygen atoms in total. The number of carboxylic acids is 1. The Hall–Kier alpha value is -2.94. The van der Waals surface area contributed by atoms with Gasteiger partial charge in [0.2, 0.25) is 0 Å². The van der Waals surface area contributed by atoms with Crippen molar-refractivity contribution >= 4 is 11.7 Å². The number of hydrogen-bond donors (Lipinski definition) is 2. The third kappa shape index (κ3) is 3.34. The number of carboxylic acid groups (broad SMARTS) is 1. The second-order valence-corrected chi connectivity index (χ2v) is 4.27. The van der Waals surface area contributed by atoms with Gasteiger partial charge in [0.1, 0.15) is 17.7 Å². The van der Waals surface area contributed by atoms with Gasteiger partial charge in [-0.25, -0.2) is 13.6 Å². The molecule has 0 unspecified atom stereocenters. The van der Waals surface area contributed by atoms with Crippen LogP contribution < -0.4 is 5.32 Å². The maximum atomic E-state index is 13.6. The van der Waals surface area contributed by atoms with Crippen LogP contribution in [0.2, 0.25) is 0 Å². The fourth-order valence-electron chi connectivity index (χ4n) is 1.76. The van der Waals surface area contributed by atoms with E-state index in [9.17, 15) is 13.6 Å². The molecule has 0 saturated heterocycles. The van der Waals surface area contributed by atoms with Crippen LogP contribution in [0.1, 0.15) is 21.5 Å². The molecule has 2 rings (SSSR count). The van der Waals surface area contributed by atoms with E-state index >= 15 is 0 Å². The van der Waals surface area contributed by atoms with E-state index in [0.29, 0.717) is 5.69 Å². The molecule has 0 aliphatic rings. The number of nitrogens with one attached hydrogen (secondary N) is 1. The molecule has 2 aromatic carbocycles. The first-order chi connectivity index (χ1) is 10.0. The number of anilines is 1. The first kappa shape index (κ1) is 14.5. The fourth-order valence-corrected chi connectivity index (χ4v) is 1.76. The number of rotatable bonds is 4. The molecule has 0 radical (unpaired) electrons. The highest BCUT2D eigenvalue weighted by molar-refractivity contribution is 5.87. The third-order valence-electron chi connectivity index (χ3n) is 2.86. The Morgan fingerprint density at radius 3 is 2.57 bits per heavy atom. The minimum absolute atomic E-state index is 0.0173. The zero-order chi connectivity index (χ0) is 15.4. The van der Waals surface area contributed by atoms with Crippen molar-refractivity contribution < 1.29 is 18.7 Å². The highest BCUT2D eigenvalue weighted by Crippen LogP contribution is 2.17. The monoisotopic (exact) mass is 288 g/mol. The van der Waals surface area contributed by atoms with Crippen LogP contribution in [0.25, 0.3) is 0 Å². The smallest absolute Gasteiger partial charge is 0.335 e. The Morgan fingerprint density at radius 2 is 1.90 bits per heavy atom. The molecule has 2 N–H and O–H groups in total. The van der Waals surface area contributed by atoms with Gasteiger partial charge in [0.05, 0.1) is 11.1 Å². The summed E-state index contributed by atoms with van der Waals surface area (Å²) in [6, 6.07) is 9.01. The van der Waals surface area contributed by atoms with E-state index in [2.05, 4.69) is 5.32 Å². The molecule has 21 heavy (non-hydrogen) atoms. The Morgan fingerprint density at radius 1 is 1.19 bits per heavy atom. The van der Waals surface area contributed by atoms with Gasteiger partial charge < -0.3 is 10.4 Å². The molecule has 0 atom stereocenters. The number of benzene rings is 2. The second-order valence-electron chi connectivity index (χ2n) is 4.27. The van der Waals surface area contributed by atoms with Crippen molar-refractivity contribution in [3.05, 3.63) is 64.7 Å². The van der Waals surface area contributed by atoms with Gasteiger partial charge >= 0.3 is 5.97 Å². The molecule has 0 aliphatic heterocycles. The molecule has 0 spiro atoms. The molecule has 0 heterocycles. The normalized spacial score (nSPS) is 9.95. The summed E-state index contributed by atoms with van der Waals surface area (Å²) in [5.74, 6) is -2.33. The van der Waals surface area contributed by atoms with Crippen LogP contribution in [0.5, 0.6) is 0 Å². The van der Waals surface area contributed by atoms with Crippen LogP contribution in [-0.4, -0.2) is 11.1 Å². The van der Waals surface area contributed by atoms with Crippen molar-refractivity contribution in [2.75, 3.05) is 5.32 Å². The third-order valence-corrected chi connectivity index (χ3v) is 2.86. The molecule has 106 valence electrons. The number of carbonyl (C=O) groups is 1. The van der Waals surface area contributed by atoms with Crippen LogP contribution in [-0.2, 0) is 6.54 Å². The van der Waals surface area contributed by atoms with Gasteiger partial charge in [0, 0.05) is 17.8 Å². The molecule has 0 aliphatic carbocycles. The number of nitriles is 1. The van der Waals surface area contributed by atoms with Crippen molar-refractivity contribution in [1.82, 2.24) is 0 Å². The van der Waals surface area contributed by atoms with Gasteiger partial charge in [-0.15, -0.1) is 0 Å². The highest BCUT2D eigenvalue weighted by atomic mass is 19.1. The van der Waals surface area contributed by atoms with Crippen LogP contribution in [0, 0.1) is 23.0 Å². The predicted octanol–water partition coefficient (Wildman–Crippen LogP) is 3.15. The Bertz CT molecular complexity index is 739. The van der Waals surface area contributed by atoms with E-state index in [1.54, 1.807) is 6.07 Å². The Labute approximate surface area is 119 Å². The standard InChI is InChI=1S/C15H10F2N2O2/c16-13-4-2-12(6-10(13)7-18)19-8-11-5-9(15(20)21)1-3-14(11)17/h1-6,19H,8H2,(H,20,21). The average molecular weight is 288 g/mol. The summed E-state index contributed by atoms with van der Waals surface area (Å²) in [6.07, 6.45) is 0. The number of aromatic carboxylic acids is 1. The van der Waals surface area contributed by atoms with Gasteiger partial charge in [0.25, 0.3) is 0 Å². The highest BCUT2D eigenvalue weighted by Gasteiger charge is 2.09. The van der Waals surface area contributed by atoms with E-state index in [-0.39, 0.29) is 23.2 Å². The second kappa shape index (κ2) is 6.01. The molecule has 0 saturated carbocycles. The van der Waals surface area contributed by atoms with E-state index in [1.807, 2.05) is 0 Å². The minimum Gasteiger partial charge on any atom is -0.478 e. The van der Waals surface area contributed by atoms with Crippen molar-refractivity contribution in [2.24, 2.45) is 0 Å². The summed E-state index contributed by atoms with van der Waals surface area (Å²) in [5, 5.41) is 20.4. The van der Waals surface area contributed by atoms with Crippen molar-refractivity contribution in [1.29, 1.82) is 5.26 Å². The minimum atomic E-state index is -1.15. The molecule has 2 aromatic rings. The molecular weight excluding hydrogens is 278 g/mol. The summed E-state index contributed by atoms with van der Waals surface area (Å²) in [6.45, 7) is 0.0173. The van der Waals surface area contributed by atoms with Crippen LogP contribution in [0.3, 0.4) is 0 Å². The van der Waals surface area contributed by atoms with Gasteiger partial charge in [-0.1, -0.05) is 0 Å². The van der Waals surface area contributed by atoms with Crippen molar-refractivity contribution in [2.45, 2.75) is 6.54 Å². The first-order valence-corrected chi connectivity index (χ1v) is 5.96. The van der Waals surface area contributed by atoms with Crippen LogP contribution >= 0.6 is 0 Å². The van der Waals surface area contributed by atoms with E-state index in [1.165, 1.54) is 24.3 Å². The lowest BCUT2D eigenvalue weighted by Crippen LogP contribution is -2.05. The van der Waals surface area contributed by atoms with Gasteiger partial charge in [-0.2, -0.15) is 5.26 Å². The summed E-state index contributed by atoms with van der Waals surface area (Å²) in [4.78, 5) is 10.8. The molecular formula is C15H10F2N2O2. The summed E-state index contributed by atoms with van der Waals surface area (Å²) in [5.41, 5.74) is 0.454. The first-order valence-electron chi connectivity index (χ1n) is 5.96. The maximum absolute atomic E-state index is 13.6. The number of nitrogens with zero attached hydrogens (tertiary/aromatic N) is 1. The lowest BCUT2D eigenvalue weighted by molar-refractivity contribution is 0.0696.